The molecule has 134 valence electrons. The molecular weight excluding hydrogens is 318 g/mol. The number of urea groups is 1. The molecule has 0 fully saturated rings. The zero-order valence-electron chi connectivity index (χ0n) is 14.7. The summed E-state index contributed by atoms with van der Waals surface area (Å²) in [5.74, 6) is -0.00406. The zero-order valence-corrected chi connectivity index (χ0v) is 14.7. The van der Waals surface area contributed by atoms with E-state index in [1.165, 1.54) is 0 Å². The second kappa shape index (κ2) is 9.46. The molecule has 1 aromatic heterocycles. The molecule has 2 aromatic rings. The number of benzene rings is 1. The van der Waals surface area contributed by atoms with Crippen LogP contribution in [-0.2, 0) is 17.9 Å². The molecule has 1 aromatic carbocycles. The van der Waals surface area contributed by atoms with Crippen LogP contribution in [0.5, 0.6) is 0 Å². The normalized spacial score (nSPS) is 11.6. The summed E-state index contributed by atoms with van der Waals surface area (Å²) in [6.45, 7) is 3.43. The number of nitrogens with zero attached hydrogens (tertiary/aromatic N) is 3. The van der Waals surface area contributed by atoms with Crippen LogP contribution in [0.4, 0.5) is 4.79 Å². The van der Waals surface area contributed by atoms with Crippen molar-refractivity contribution in [3.05, 3.63) is 54.6 Å². The van der Waals surface area contributed by atoms with Gasteiger partial charge in [0.15, 0.2) is 0 Å². The molecule has 25 heavy (non-hydrogen) atoms. The first kappa shape index (κ1) is 18.5. The molecule has 3 amide bonds. The van der Waals surface area contributed by atoms with E-state index in [4.69, 9.17) is 0 Å². The highest BCUT2D eigenvalue weighted by Gasteiger charge is 2.11. The van der Waals surface area contributed by atoms with E-state index in [9.17, 15) is 9.59 Å². The van der Waals surface area contributed by atoms with Crippen molar-refractivity contribution < 1.29 is 9.59 Å². The number of rotatable bonds is 8. The van der Waals surface area contributed by atoms with E-state index in [0.717, 1.165) is 5.56 Å². The summed E-state index contributed by atoms with van der Waals surface area (Å²) in [7, 11) is 1.77. The van der Waals surface area contributed by atoms with Gasteiger partial charge in [-0.2, -0.15) is 0 Å². The van der Waals surface area contributed by atoms with Crippen LogP contribution in [0, 0.1) is 0 Å². The van der Waals surface area contributed by atoms with Gasteiger partial charge in [-0.05, 0) is 12.5 Å². The summed E-state index contributed by atoms with van der Waals surface area (Å²) in [5, 5.41) is 5.56. The van der Waals surface area contributed by atoms with Crippen LogP contribution in [0.15, 0.2) is 49.1 Å². The topological polar surface area (TPSA) is 79.3 Å². The first-order valence-electron chi connectivity index (χ1n) is 8.32. The van der Waals surface area contributed by atoms with Crippen molar-refractivity contribution in [2.24, 2.45) is 0 Å². The molecule has 0 saturated heterocycles. The molecule has 0 saturated carbocycles. The van der Waals surface area contributed by atoms with Gasteiger partial charge in [0.1, 0.15) is 0 Å². The predicted molar refractivity (Wildman–Crippen MR) is 95.8 cm³/mol. The van der Waals surface area contributed by atoms with E-state index < -0.39 is 0 Å². The van der Waals surface area contributed by atoms with Crippen molar-refractivity contribution in [2.45, 2.75) is 32.5 Å². The molecule has 1 atom stereocenters. The van der Waals surface area contributed by atoms with Gasteiger partial charge >= 0.3 is 6.03 Å². The van der Waals surface area contributed by atoms with Gasteiger partial charge in [-0.15, -0.1) is 0 Å². The third kappa shape index (κ3) is 6.66. The molecule has 7 nitrogen and oxygen atoms in total. The minimum absolute atomic E-state index is 0.00406. The summed E-state index contributed by atoms with van der Waals surface area (Å²) in [4.78, 5) is 29.6. The Kier molecular flexibility index (Phi) is 7.00. The second-order valence-electron chi connectivity index (χ2n) is 6.05. The lowest BCUT2D eigenvalue weighted by Gasteiger charge is -2.18. The van der Waals surface area contributed by atoms with Gasteiger partial charge in [0, 0.05) is 51.5 Å². The Morgan fingerprint density at radius 3 is 2.72 bits per heavy atom. The van der Waals surface area contributed by atoms with Gasteiger partial charge in [-0.1, -0.05) is 30.3 Å². The van der Waals surface area contributed by atoms with Crippen LogP contribution in [0.25, 0.3) is 0 Å². The van der Waals surface area contributed by atoms with Crippen molar-refractivity contribution in [3.8, 4) is 0 Å². The van der Waals surface area contributed by atoms with E-state index in [0.29, 0.717) is 19.6 Å². The second-order valence-corrected chi connectivity index (χ2v) is 6.05. The fourth-order valence-electron chi connectivity index (χ4n) is 2.45. The zero-order chi connectivity index (χ0) is 18.1. The Bertz CT molecular complexity index is 657. The van der Waals surface area contributed by atoms with Crippen molar-refractivity contribution in [2.75, 3.05) is 13.6 Å². The Morgan fingerprint density at radius 1 is 1.28 bits per heavy atom. The molecule has 0 bridgehead atoms. The summed E-state index contributed by atoms with van der Waals surface area (Å²) < 4.78 is 1.90. The number of aromatic nitrogens is 2. The van der Waals surface area contributed by atoms with Crippen LogP contribution in [0.3, 0.4) is 0 Å². The van der Waals surface area contributed by atoms with Crippen LogP contribution in [0.1, 0.15) is 18.9 Å². The first-order chi connectivity index (χ1) is 12.0. The van der Waals surface area contributed by atoms with E-state index in [1.807, 2.05) is 48.0 Å². The maximum absolute atomic E-state index is 12.1. The molecule has 0 aliphatic heterocycles. The molecule has 7 heteroatoms. The number of carbonyl (C=O) groups excluding carboxylic acids is 2. The largest absolute Gasteiger partial charge is 0.341 e. The lowest BCUT2D eigenvalue weighted by molar-refractivity contribution is -0.130. The highest BCUT2D eigenvalue weighted by atomic mass is 16.2. The van der Waals surface area contributed by atoms with Gasteiger partial charge in [0.2, 0.25) is 5.91 Å². The number of hydrogen-bond acceptors (Lipinski definition) is 3. The maximum Gasteiger partial charge on any atom is 0.315 e. The number of carbonyl (C=O) groups is 2. The number of amides is 3. The Labute approximate surface area is 148 Å². The average molecular weight is 343 g/mol. The highest BCUT2D eigenvalue weighted by molar-refractivity contribution is 5.78. The number of nitrogens with one attached hydrogen (secondary N) is 2. The SMILES string of the molecule is C[C@H](Cn1ccnc1)NC(=O)NCCC(=O)N(C)Cc1ccccc1. The molecule has 0 radical (unpaired) electrons. The molecule has 2 N–H and O–H groups in total. The van der Waals surface area contributed by atoms with Crippen LogP contribution < -0.4 is 10.6 Å². The van der Waals surface area contributed by atoms with Crippen LogP contribution in [0.2, 0.25) is 0 Å². The Balaban J connectivity index is 1.63. The number of imidazole rings is 1. The van der Waals surface area contributed by atoms with E-state index in [-0.39, 0.29) is 24.4 Å². The van der Waals surface area contributed by atoms with Gasteiger partial charge in [0.05, 0.1) is 6.33 Å². The van der Waals surface area contributed by atoms with Crippen molar-refractivity contribution in [1.29, 1.82) is 0 Å². The third-order valence-corrected chi connectivity index (χ3v) is 3.73. The molecule has 0 aliphatic rings. The van der Waals surface area contributed by atoms with E-state index >= 15 is 0 Å². The minimum Gasteiger partial charge on any atom is -0.341 e. The van der Waals surface area contributed by atoms with Gasteiger partial charge in [-0.3, -0.25) is 4.79 Å². The van der Waals surface area contributed by atoms with Gasteiger partial charge in [-0.25, -0.2) is 9.78 Å². The van der Waals surface area contributed by atoms with Crippen LogP contribution in [-0.4, -0.2) is 46.0 Å². The predicted octanol–water partition coefficient (Wildman–Crippen LogP) is 1.62. The molecule has 0 unspecified atom stereocenters. The van der Waals surface area contributed by atoms with Gasteiger partial charge < -0.3 is 20.1 Å². The van der Waals surface area contributed by atoms with Crippen LogP contribution >= 0.6 is 0 Å². The maximum atomic E-state index is 12.1. The fraction of sp³-hybridized carbons (Fsp3) is 0.389. The molecule has 1 heterocycles. The van der Waals surface area contributed by atoms with Crippen molar-refractivity contribution >= 4 is 11.9 Å². The van der Waals surface area contributed by atoms with E-state index in [1.54, 1.807) is 24.5 Å². The molecular formula is C18H25N5O2. The summed E-state index contributed by atoms with van der Waals surface area (Å²) in [6.07, 6.45) is 5.52. The Morgan fingerprint density at radius 2 is 2.04 bits per heavy atom. The lowest BCUT2D eigenvalue weighted by Crippen LogP contribution is -2.43. The highest BCUT2D eigenvalue weighted by Crippen LogP contribution is 2.03. The summed E-state index contributed by atoms with van der Waals surface area (Å²) in [5.41, 5.74) is 1.08. The fourth-order valence-corrected chi connectivity index (χ4v) is 2.45. The van der Waals surface area contributed by atoms with E-state index in [2.05, 4.69) is 15.6 Å². The van der Waals surface area contributed by atoms with Crippen molar-refractivity contribution in [1.82, 2.24) is 25.1 Å². The number of hydrogen-bond donors (Lipinski definition) is 2. The third-order valence-electron chi connectivity index (χ3n) is 3.73. The van der Waals surface area contributed by atoms with Gasteiger partial charge in [0.25, 0.3) is 0 Å². The molecule has 0 spiro atoms. The smallest absolute Gasteiger partial charge is 0.315 e. The minimum atomic E-state index is -0.272. The summed E-state index contributed by atoms with van der Waals surface area (Å²) >= 11 is 0. The summed E-state index contributed by atoms with van der Waals surface area (Å²) in [6, 6.07) is 9.50. The standard InChI is InChI=1S/C18H25N5O2/c1-15(12-23-11-10-19-14-23)21-18(25)20-9-8-17(24)22(2)13-16-6-4-3-5-7-16/h3-7,10-11,14-15H,8-9,12-13H2,1-2H3,(H2,20,21,25)/t15-/m1/s1. The van der Waals surface area contributed by atoms with Crippen molar-refractivity contribution in [3.63, 3.8) is 0 Å². The first-order valence-corrected chi connectivity index (χ1v) is 8.32. The lowest BCUT2D eigenvalue weighted by atomic mass is 10.2. The average Bonchev–Trinajstić information content (AvgIpc) is 3.08. The Hall–Kier alpha value is -2.83. The monoisotopic (exact) mass is 343 g/mol. The quantitative estimate of drug-likeness (QED) is 0.764. The molecule has 0 aliphatic carbocycles. The molecule has 2 rings (SSSR count).